The van der Waals surface area contributed by atoms with E-state index in [2.05, 4.69) is 15.3 Å². The molecular weight excluding hydrogens is 438 g/mol. The molecule has 0 bridgehead atoms. The molecule has 11 heteroatoms. The molecule has 2 aromatic heterocycles. The number of nitrogens with one attached hydrogen (secondary N) is 1. The van der Waals surface area contributed by atoms with E-state index in [0.717, 1.165) is 5.56 Å². The van der Waals surface area contributed by atoms with Crippen molar-refractivity contribution in [1.29, 1.82) is 0 Å². The van der Waals surface area contributed by atoms with E-state index in [1.807, 2.05) is 4.90 Å². The molecule has 32 heavy (non-hydrogen) atoms. The number of anilines is 1. The van der Waals surface area contributed by atoms with Gasteiger partial charge in [0.15, 0.2) is 0 Å². The first-order valence-corrected chi connectivity index (χ1v) is 10.4. The number of carbonyl (C=O) groups excluding carboxylic acids is 2. The molecule has 1 aliphatic rings. The van der Waals surface area contributed by atoms with Crippen LogP contribution >= 0.6 is 11.6 Å². The van der Waals surface area contributed by atoms with Crippen molar-refractivity contribution in [2.45, 2.75) is 25.2 Å². The number of nitrogen functional groups attached to an aromatic ring is 1. The van der Waals surface area contributed by atoms with Gasteiger partial charge in [0, 0.05) is 32.6 Å². The molecule has 0 spiro atoms. The van der Waals surface area contributed by atoms with Crippen LogP contribution in [0.15, 0.2) is 30.6 Å². The number of halogens is 1. The van der Waals surface area contributed by atoms with Crippen molar-refractivity contribution in [3.05, 3.63) is 46.7 Å². The molecule has 3 rings (SSSR count). The number of piperidine rings is 1. The van der Waals surface area contributed by atoms with E-state index in [-0.39, 0.29) is 53.6 Å². The van der Waals surface area contributed by atoms with E-state index in [1.165, 1.54) is 13.2 Å². The van der Waals surface area contributed by atoms with Crippen molar-refractivity contribution in [3.8, 4) is 5.88 Å². The number of aromatic nitrogens is 2. The summed E-state index contributed by atoms with van der Waals surface area (Å²) in [5.74, 6) is -0.549. The highest BCUT2D eigenvalue weighted by atomic mass is 35.5. The molecule has 1 aliphatic heterocycles. The second kappa shape index (κ2) is 11.1. The highest BCUT2D eigenvalue weighted by Crippen LogP contribution is 2.25. The minimum atomic E-state index is -0.395. The lowest BCUT2D eigenvalue weighted by Crippen LogP contribution is -2.55. The maximum Gasteiger partial charge on any atom is 0.320 e. The fourth-order valence-electron chi connectivity index (χ4n) is 3.45. The van der Waals surface area contributed by atoms with Crippen molar-refractivity contribution in [2.75, 3.05) is 39.6 Å². The Morgan fingerprint density at radius 2 is 2.06 bits per heavy atom. The van der Waals surface area contributed by atoms with Crippen LogP contribution in [0.4, 0.5) is 5.82 Å². The van der Waals surface area contributed by atoms with Crippen molar-refractivity contribution in [1.82, 2.24) is 20.2 Å². The van der Waals surface area contributed by atoms with Gasteiger partial charge in [-0.2, -0.15) is 4.98 Å². The zero-order valence-corrected chi connectivity index (χ0v) is 18.7. The second-order valence-corrected chi connectivity index (χ2v) is 7.71. The number of esters is 1. The molecule has 0 aromatic carbocycles. The number of nitrogens with two attached hydrogens (primary N) is 1. The van der Waals surface area contributed by atoms with Gasteiger partial charge in [-0.25, -0.2) is 0 Å². The Bertz CT molecular complexity index is 946. The average molecular weight is 464 g/mol. The number of hydrogen-bond acceptors (Lipinski definition) is 9. The van der Waals surface area contributed by atoms with Gasteiger partial charge in [-0.15, -0.1) is 0 Å². The predicted molar refractivity (Wildman–Crippen MR) is 117 cm³/mol. The molecule has 0 unspecified atom stereocenters. The molecular formula is C21H26ClN5O5. The van der Waals surface area contributed by atoms with Gasteiger partial charge >= 0.3 is 5.97 Å². The van der Waals surface area contributed by atoms with Crippen molar-refractivity contribution in [3.63, 3.8) is 0 Å². The lowest BCUT2D eigenvalue weighted by atomic mass is 10.0. The van der Waals surface area contributed by atoms with Crippen LogP contribution in [-0.4, -0.2) is 72.7 Å². The zero-order valence-electron chi connectivity index (χ0n) is 17.9. The summed E-state index contributed by atoms with van der Waals surface area (Å²) < 4.78 is 16.1. The Hall–Kier alpha value is -2.95. The van der Waals surface area contributed by atoms with Crippen LogP contribution in [0.5, 0.6) is 5.88 Å². The predicted octanol–water partition coefficient (Wildman–Crippen LogP) is 1.28. The highest BCUT2D eigenvalue weighted by Gasteiger charge is 2.32. The number of pyridine rings is 2. The van der Waals surface area contributed by atoms with Gasteiger partial charge in [0.1, 0.15) is 18.0 Å². The lowest BCUT2D eigenvalue weighted by molar-refractivity contribution is -0.147. The average Bonchev–Trinajstić information content (AvgIpc) is 2.80. The van der Waals surface area contributed by atoms with Crippen molar-refractivity contribution >= 4 is 29.3 Å². The van der Waals surface area contributed by atoms with Crippen LogP contribution in [0.2, 0.25) is 5.02 Å². The standard InChI is InChI=1S/C21H26ClN5O5/c1-30-17-10-27(11-18(28)32-12-13-3-6-24-7-4-13)8-5-16(17)25-20(29)14-9-15(22)19(23)26-21(14)31-2/h3-4,6-7,9,16-17H,5,8,10-12H2,1-2H3,(H2,23,26)(H,25,29)/t16-,17+/m0/s1. The third-order valence-corrected chi connectivity index (χ3v) is 5.47. The maximum absolute atomic E-state index is 12.8. The quantitative estimate of drug-likeness (QED) is 0.556. The van der Waals surface area contributed by atoms with Crippen LogP contribution in [0.1, 0.15) is 22.3 Å². The Labute approximate surface area is 191 Å². The van der Waals surface area contributed by atoms with Gasteiger partial charge in [-0.05, 0) is 30.2 Å². The first kappa shape index (κ1) is 23.7. The fraction of sp³-hybridized carbons (Fsp3) is 0.429. The van der Waals surface area contributed by atoms with Gasteiger partial charge in [-0.3, -0.25) is 19.5 Å². The minimum Gasteiger partial charge on any atom is -0.480 e. The topological polar surface area (TPSA) is 129 Å². The van der Waals surface area contributed by atoms with Crippen molar-refractivity contribution in [2.24, 2.45) is 0 Å². The molecule has 3 N–H and O–H groups in total. The number of rotatable bonds is 8. The fourth-order valence-corrected chi connectivity index (χ4v) is 3.60. The van der Waals surface area contributed by atoms with Gasteiger partial charge in [0.05, 0.1) is 30.8 Å². The Kier molecular flexibility index (Phi) is 8.20. The molecule has 1 fully saturated rings. The largest absolute Gasteiger partial charge is 0.480 e. The molecule has 0 aliphatic carbocycles. The molecule has 2 atom stereocenters. The second-order valence-electron chi connectivity index (χ2n) is 7.31. The summed E-state index contributed by atoms with van der Waals surface area (Å²) >= 11 is 6.02. The molecule has 0 saturated carbocycles. The summed E-state index contributed by atoms with van der Waals surface area (Å²) in [6.45, 7) is 1.38. The molecule has 3 heterocycles. The summed E-state index contributed by atoms with van der Waals surface area (Å²) in [6.07, 6.45) is 3.56. The van der Waals surface area contributed by atoms with E-state index in [4.69, 9.17) is 31.5 Å². The number of ether oxygens (including phenoxy) is 3. The molecule has 2 aromatic rings. The number of amides is 1. The van der Waals surface area contributed by atoms with Gasteiger partial charge < -0.3 is 25.3 Å². The minimum absolute atomic E-state index is 0.0824. The van der Waals surface area contributed by atoms with E-state index >= 15 is 0 Å². The van der Waals surface area contributed by atoms with Gasteiger partial charge in [0.2, 0.25) is 5.88 Å². The Morgan fingerprint density at radius 1 is 1.31 bits per heavy atom. The van der Waals surface area contributed by atoms with Crippen LogP contribution in [0.3, 0.4) is 0 Å². The molecule has 1 saturated heterocycles. The Morgan fingerprint density at radius 3 is 2.75 bits per heavy atom. The van der Waals surface area contributed by atoms with Crippen LogP contribution in [0, 0.1) is 0 Å². The van der Waals surface area contributed by atoms with Crippen LogP contribution in [0.25, 0.3) is 0 Å². The summed E-state index contributed by atoms with van der Waals surface area (Å²) in [4.78, 5) is 34.9. The van der Waals surface area contributed by atoms with E-state index < -0.39 is 5.91 Å². The Balaban J connectivity index is 1.55. The third kappa shape index (κ3) is 6.06. The zero-order chi connectivity index (χ0) is 23.1. The van der Waals surface area contributed by atoms with Gasteiger partial charge in [-0.1, -0.05) is 11.6 Å². The number of methoxy groups -OCH3 is 2. The smallest absolute Gasteiger partial charge is 0.320 e. The molecule has 0 radical (unpaired) electrons. The molecule has 172 valence electrons. The highest BCUT2D eigenvalue weighted by molar-refractivity contribution is 6.33. The maximum atomic E-state index is 12.8. The van der Waals surface area contributed by atoms with E-state index in [9.17, 15) is 9.59 Å². The van der Waals surface area contributed by atoms with Gasteiger partial charge in [0.25, 0.3) is 5.91 Å². The number of carbonyl (C=O) groups is 2. The number of hydrogen-bond donors (Lipinski definition) is 2. The molecule has 10 nitrogen and oxygen atoms in total. The summed E-state index contributed by atoms with van der Waals surface area (Å²) in [7, 11) is 2.97. The van der Waals surface area contributed by atoms with Crippen LogP contribution < -0.4 is 15.8 Å². The third-order valence-electron chi connectivity index (χ3n) is 5.17. The molecule has 1 amide bonds. The number of nitrogens with zero attached hydrogens (tertiary/aromatic N) is 3. The summed E-state index contributed by atoms with van der Waals surface area (Å²) in [6, 6.07) is 4.74. The van der Waals surface area contributed by atoms with E-state index in [0.29, 0.717) is 19.5 Å². The summed E-state index contributed by atoms with van der Waals surface area (Å²) in [5.41, 5.74) is 6.74. The number of likely N-dealkylation sites (tertiary alicyclic amines) is 1. The van der Waals surface area contributed by atoms with Crippen LogP contribution in [-0.2, 0) is 20.9 Å². The lowest BCUT2D eigenvalue weighted by Gasteiger charge is -2.37. The van der Waals surface area contributed by atoms with E-state index in [1.54, 1.807) is 31.6 Å². The summed E-state index contributed by atoms with van der Waals surface area (Å²) in [5, 5.41) is 3.11. The first-order chi connectivity index (χ1) is 15.4. The SMILES string of the molecule is COc1nc(N)c(Cl)cc1C(=O)N[C@H]1CCN(CC(=O)OCc2ccncc2)C[C@H]1OC. The van der Waals surface area contributed by atoms with Crippen molar-refractivity contribution < 1.29 is 23.8 Å². The normalized spacial score (nSPS) is 18.7. The monoisotopic (exact) mass is 463 g/mol. The first-order valence-electron chi connectivity index (χ1n) is 10.0.